The van der Waals surface area contributed by atoms with E-state index in [1.54, 1.807) is 14.2 Å². The summed E-state index contributed by atoms with van der Waals surface area (Å²) in [6.07, 6.45) is 0. The number of para-hydroxylation sites is 1. The fourth-order valence-corrected chi connectivity index (χ4v) is 1.27. The van der Waals surface area contributed by atoms with Crippen LogP contribution in [0.1, 0.15) is 0 Å². The fourth-order valence-electron chi connectivity index (χ4n) is 1.16. The first kappa shape index (κ1) is 11.7. The number of hydrogen-bond donors (Lipinski definition) is 2. The first-order chi connectivity index (χ1) is 7.22. The molecule has 1 aromatic rings. The van der Waals surface area contributed by atoms with Gasteiger partial charge in [-0.05, 0) is 12.1 Å². The number of ether oxygens (including phenoxy) is 2. The molecule has 82 valence electrons. The zero-order chi connectivity index (χ0) is 11.3. The molecule has 0 aliphatic heterocycles. The number of nitrogens with two attached hydrogens (primary N) is 1. The van der Waals surface area contributed by atoms with Gasteiger partial charge in [0.2, 0.25) is 0 Å². The summed E-state index contributed by atoms with van der Waals surface area (Å²) in [5, 5.41) is 2.99. The van der Waals surface area contributed by atoms with Gasteiger partial charge in [0, 0.05) is 6.54 Å². The molecule has 0 heterocycles. The number of nitrogens with one attached hydrogen (secondary N) is 1. The topological polar surface area (TPSA) is 56.5 Å². The number of hydrogen-bond acceptors (Lipinski definition) is 4. The maximum Gasteiger partial charge on any atom is 0.146 e. The Morgan fingerprint density at radius 1 is 1.33 bits per heavy atom. The number of benzene rings is 1. The average Bonchev–Trinajstić information content (AvgIpc) is 2.29. The van der Waals surface area contributed by atoms with E-state index in [2.05, 4.69) is 5.32 Å². The molecule has 0 saturated carbocycles. The molecule has 0 spiro atoms. The summed E-state index contributed by atoms with van der Waals surface area (Å²) < 4.78 is 10.4. The maximum absolute atomic E-state index is 5.42. The Morgan fingerprint density at radius 3 is 2.27 bits per heavy atom. The maximum atomic E-state index is 5.42. The van der Waals surface area contributed by atoms with Gasteiger partial charge in [0.05, 0.1) is 19.2 Å². The lowest BCUT2D eigenvalue weighted by Crippen LogP contribution is -2.20. The van der Waals surface area contributed by atoms with Gasteiger partial charge in [0.15, 0.2) is 0 Å². The minimum absolute atomic E-state index is 0.288. The van der Waals surface area contributed by atoms with E-state index in [4.69, 9.17) is 27.4 Å². The molecule has 0 aliphatic rings. The Labute approximate surface area is 94.4 Å². The van der Waals surface area contributed by atoms with E-state index >= 15 is 0 Å². The fraction of sp³-hybridized carbons (Fsp3) is 0.300. The molecule has 1 rings (SSSR count). The largest absolute Gasteiger partial charge is 0.494 e. The van der Waals surface area contributed by atoms with Crippen molar-refractivity contribution in [2.75, 3.05) is 26.1 Å². The molecular formula is C10H14N2O2S. The SMILES string of the molecule is COc1cccc(OC)c1NC(=S)CN. The minimum Gasteiger partial charge on any atom is -0.494 e. The lowest BCUT2D eigenvalue weighted by Gasteiger charge is -2.14. The van der Waals surface area contributed by atoms with Crippen molar-refractivity contribution < 1.29 is 9.47 Å². The number of thiocarbonyl (C=S) groups is 1. The van der Waals surface area contributed by atoms with Crippen LogP contribution in [0, 0.1) is 0 Å². The number of rotatable bonds is 4. The highest BCUT2D eigenvalue weighted by atomic mass is 32.1. The van der Waals surface area contributed by atoms with Gasteiger partial charge in [-0.2, -0.15) is 0 Å². The van der Waals surface area contributed by atoms with Gasteiger partial charge in [-0.15, -0.1) is 0 Å². The van der Waals surface area contributed by atoms with Crippen LogP contribution >= 0.6 is 12.2 Å². The lowest BCUT2D eigenvalue weighted by molar-refractivity contribution is 0.398. The predicted octanol–water partition coefficient (Wildman–Crippen LogP) is 1.40. The molecule has 0 unspecified atom stereocenters. The molecule has 15 heavy (non-hydrogen) atoms. The third-order valence-electron chi connectivity index (χ3n) is 1.88. The molecule has 0 amide bonds. The molecule has 0 aliphatic carbocycles. The Kier molecular flexibility index (Phi) is 4.33. The quantitative estimate of drug-likeness (QED) is 0.760. The third kappa shape index (κ3) is 2.81. The summed E-state index contributed by atoms with van der Waals surface area (Å²) >= 11 is 5.01. The second-order valence-corrected chi connectivity index (χ2v) is 3.28. The summed E-state index contributed by atoms with van der Waals surface area (Å²) in [4.78, 5) is 0.540. The van der Waals surface area contributed by atoms with Crippen LogP contribution in [0.4, 0.5) is 5.69 Å². The average molecular weight is 226 g/mol. The van der Waals surface area contributed by atoms with E-state index in [1.165, 1.54) is 0 Å². The van der Waals surface area contributed by atoms with Crippen LogP contribution in [0.3, 0.4) is 0 Å². The zero-order valence-electron chi connectivity index (χ0n) is 8.74. The van der Waals surface area contributed by atoms with Gasteiger partial charge in [-0.25, -0.2) is 0 Å². The second kappa shape index (κ2) is 5.53. The first-order valence-electron chi connectivity index (χ1n) is 4.43. The van der Waals surface area contributed by atoms with E-state index < -0.39 is 0 Å². The highest BCUT2D eigenvalue weighted by molar-refractivity contribution is 7.80. The van der Waals surface area contributed by atoms with Gasteiger partial charge in [-0.1, -0.05) is 18.3 Å². The first-order valence-corrected chi connectivity index (χ1v) is 4.84. The van der Waals surface area contributed by atoms with Gasteiger partial charge in [-0.3, -0.25) is 0 Å². The van der Waals surface area contributed by atoms with Crippen LogP contribution in [0.5, 0.6) is 11.5 Å². The molecule has 0 saturated heterocycles. The molecule has 4 nitrogen and oxygen atoms in total. The summed E-state index contributed by atoms with van der Waals surface area (Å²) in [5.74, 6) is 1.34. The number of methoxy groups -OCH3 is 2. The smallest absolute Gasteiger partial charge is 0.146 e. The number of anilines is 1. The molecule has 0 bridgehead atoms. The Balaban J connectivity index is 3.05. The molecule has 3 N–H and O–H groups in total. The molecule has 0 atom stereocenters. The Morgan fingerprint density at radius 2 is 1.87 bits per heavy atom. The second-order valence-electron chi connectivity index (χ2n) is 2.79. The van der Waals surface area contributed by atoms with Crippen LogP contribution < -0.4 is 20.5 Å². The van der Waals surface area contributed by atoms with Crippen molar-refractivity contribution in [3.63, 3.8) is 0 Å². The van der Waals surface area contributed by atoms with Crippen LogP contribution in [0.2, 0.25) is 0 Å². The zero-order valence-corrected chi connectivity index (χ0v) is 9.56. The van der Waals surface area contributed by atoms with E-state index in [0.29, 0.717) is 22.2 Å². The van der Waals surface area contributed by atoms with Gasteiger partial charge >= 0.3 is 0 Å². The molecule has 0 radical (unpaired) electrons. The van der Waals surface area contributed by atoms with E-state index in [1.807, 2.05) is 18.2 Å². The summed E-state index contributed by atoms with van der Waals surface area (Å²) in [5.41, 5.74) is 6.12. The van der Waals surface area contributed by atoms with Crippen molar-refractivity contribution in [2.45, 2.75) is 0 Å². The van der Waals surface area contributed by atoms with Crippen molar-refractivity contribution in [3.8, 4) is 11.5 Å². The molecule has 1 aromatic carbocycles. The van der Waals surface area contributed by atoms with Crippen molar-refractivity contribution in [2.24, 2.45) is 5.73 Å². The van der Waals surface area contributed by atoms with Crippen LogP contribution in [-0.4, -0.2) is 25.8 Å². The predicted molar refractivity (Wildman–Crippen MR) is 64.8 cm³/mol. The minimum atomic E-state index is 0.288. The third-order valence-corrected chi connectivity index (χ3v) is 2.15. The van der Waals surface area contributed by atoms with Gasteiger partial charge in [0.1, 0.15) is 17.2 Å². The normalized spacial score (nSPS) is 9.53. The van der Waals surface area contributed by atoms with E-state index in [-0.39, 0.29) is 6.54 Å². The van der Waals surface area contributed by atoms with E-state index in [9.17, 15) is 0 Å². The molecule has 0 aromatic heterocycles. The van der Waals surface area contributed by atoms with Crippen molar-refractivity contribution in [1.29, 1.82) is 0 Å². The summed E-state index contributed by atoms with van der Waals surface area (Å²) in [7, 11) is 3.18. The van der Waals surface area contributed by atoms with Crippen molar-refractivity contribution in [1.82, 2.24) is 0 Å². The highest BCUT2D eigenvalue weighted by Crippen LogP contribution is 2.33. The lowest BCUT2D eigenvalue weighted by atomic mass is 10.2. The summed E-state index contributed by atoms with van der Waals surface area (Å²) in [6, 6.07) is 5.49. The van der Waals surface area contributed by atoms with E-state index in [0.717, 1.165) is 0 Å². The van der Waals surface area contributed by atoms with Crippen molar-refractivity contribution >= 4 is 22.9 Å². The van der Waals surface area contributed by atoms with Crippen LogP contribution in [-0.2, 0) is 0 Å². The molecule has 0 fully saturated rings. The molecular weight excluding hydrogens is 212 g/mol. The highest BCUT2D eigenvalue weighted by Gasteiger charge is 2.09. The van der Waals surface area contributed by atoms with Crippen LogP contribution in [0.15, 0.2) is 18.2 Å². The molecule has 5 heteroatoms. The van der Waals surface area contributed by atoms with Crippen LogP contribution in [0.25, 0.3) is 0 Å². The monoisotopic (exact) mass is 226 g/mol. The van der Waals surface area contributed by atoms with Crippen molar-refractivity contribution in [3.05, 3.63) is 18.2 Å². The summed E-state index contributed by atoms with van der Waals surface area (Å²) in [6.45, 7) is 0.288. The van der Waals surface area contributed by atoms with Gasteiger partial charge < -0.3 is 20.5 Å². The van der Waals surface area contributed by atoms with Gasteiger partial charge in [0.25, 0.3) is 0 Å². The Hall–Kier alpha value is -1.33. The standard InChI is InChI=1S/C10H14N2O2S/c1-13-7-4-3-5-8(14-2)10(7)12-9(15)6-11/h3-5H,6,11H2,1-2H3,(H,12,15). The Bertz CT molecular complexity index is 333.